The molecule has 0 saturated carbocycles. The van der Waals surface area contributed by atoms with Crippen molar-refractivity contribution in [1.82, 2.24) is 5.32 Å². The number of nitrogens with one attached hydrogen (secondary N) is 1. The van der Waals surface area contributed by atoms with Crippen LogP contribution in [0.3, 0.4) is 0 Å². The predicted molar refractivity (Wildman–Crippen MR) is 73.0 cm³/mol. The van der Waals surface area contributed by atoms with Crippen LogP contribution in [0.4, 0.5) is 5.69 Å². The number of carboxylic acid groups (broad SMARTS) is 1. The molecule has 0 fully saturated rings. The molecular weight excluding hydrogens is 280 g/mol. The van der Waals surface area contributed by atoms with Crippen LogP contribution < -0.4 is 10.1 Å². The molecule has 1 amide bonds. The van der Waals surface area contributed by atoms with Gasteiger partial charge in [0.2, 0.25) is 0 Å². The Morgan fingerprint density at radius 2 is 1.90 bits per heavy atom. The van der Waals surface area contributed by atoms with E-state index < -0.39 is 22.2 Å². The Balaban J connectivity index is 2.43. The van der Waals surface area contributed by atoms with Crippen molar-refractivity contribution in [2.24, 2.45) is 5.41 Å². The number of nitro benzene ring substituents is 1. The molecule has 8 nitrogen and oxygen atoms in total. The molecular formula is C13H16N2O6. The third-order valence-corrected chi connectivity index (χ3v) is 2.72. The van der Waals surface area contributed by atoms with E-state index in [9.17, 15) is 19.7 Å². The summed E-state index contributed by atoms with van der Waals surface area (Å²) in [7, 11) is 0. The predicted octanol–water partition coefficient (Wildman–Crippen LogP) is 1.20. The molecule has 8 heteroatoms. The second-order valence-corrected chi connectivity index (χ2v) is 5.01. The lowest BCUT2D eigenvalue weighted by atomic mass is 9.94. The number of carboxylic acids is 1. The summed E-state index contributed by atoms with van der Waals surface area (Å²) in [5.74, 6) is -1.17. The van der Waals surface area contributed by atoms with Gasteiger partial charge in [-0.2, -0.15) is 0 Å². The molecule has 0 aliphatic rings. The number of hydrogen-bond acceptors (Lipinski definition) is 5. The fourth-order valence-corrected chi connectivity index (χ4v) is 1.26. The Bertz CT molecular complexity index is 538. The number of hydrogen-bond donors (Lipinski definition) is 2. The Morgan fingerprint density at radius 3 is 2.38 bits per heavy atom. The van der Waals surface area contributed by atoms with Crippen LogP contribution in [0, 0.1) is 15.5 Å². The van der Waals surface area contributed by atoms with Crippen LogP contribution in [0.1, 0.15) is 13.8 Å². The maximum absolute atomic E-state index is 11.5. The van der Waals surface area contributed by atoms with E-state index in [0.29, 0.717) is 5.75 Å². The highest BCUT2D eigenvalue weighted by Crippen LogP contribution is 2.17. The van der Waals surface area contributed by atoms with E-state index in [1.165, 1.54) is 38.1 Å². The average Bonchev–Trinajstić information content (AvgIpc) is 2.43. The number of nitro groups is 1. The van der Waals surface area contributed by atoms with Crippen molar-refractivity contribution in [2.45, 2.75) is 13.8 Å². The maximum atomic E-state index is 11.5. The van der Waals surface area contributed by atoms with Gasteiger partial charge in [-0.1, -0.05) is 0 Å². The van der Waals surface area contributed by atoms with E-state index in [1.807, 2.05) is 0 Å². The Morgan fingerprint density at radius 1 is 1.33 bits per heavy atom. The van der Waals surface area contributed by atoms with Gasteiger partial charge in [0.25, 0.3) is 11.6 Å². The SMILES string of the molecule is CC(C)(CNC(=O)COc1ccc([N+](=O)[O-])cc1)C(=O)O. The van der Waals surface area contributed by atoms with Crippen molar-refractivity contribution < 1.29 is 24.4 Å². The van der Waals surface area contributed by atoms with Crippen molar-refractivity contribution in [3.63, 3.8) is 0 Å². The van der Waals surface area contributed by atoms with Gasteiger partial charge < -0.3 is 15.2 Å². The highest BCUT2D eigenvalue weighted by molar-refractivity contribution is 5.79. The summed E-state index contributed by atoms with van der Waals surface area (Å²) in [4.78, 5) is 32.3. The number of nitrogens with zero attached hydrogens (tertiary/aromatic N) is 1. The highest BCUT2D eigenvalue weighted by atomic mass is 16.6. The third-order valence-electron chi connectivity index (χ3n) is 2.72. The molecule has 1 aromatic rings. The zero-order valence-corrected chi connectivity index (χ0v) is 11.7. The van der Waals surface area contributed by atoms with Gasteiger partial charge in [0.05, 0.1) is 10.3 Å². The van der Waals surface area contributed by atoms with Gasteiger partial charge in [0.1, 0.15) is 5.75 Å². The second kappa shape index (κ2) is 6.69. The van der Waals surface area contributed by atoms with Gasteiger partial charge in [0, 0.05) is 18.7 Å². The quantitative estimate of drug-likeness (QED) is 0.576. The first-order chi connectivity index (χ1) is 9.72. The minimum absolute atomic E-state index is 0.0230. The third kappa shape index (κ3) is 5.09. The van der Waals surface area contributed by atoms with Gasteiger partial charge >= 0.3 is 5.97 Å². The molecule has 2 N–H and O–H groups in total. The fourth-order valence-electron chi connectivity index (χ4n) is 1.26. The topological polar surface area (TPSA) is 119 Å². The average molecular weight is 296 g/mol. The standard InChI is InChI=1S/C13H16N2O6/c1-13(2,12(17)18)8-14-11(16)7-21-10-5-3-9(4-6-10)15(19)20/h3-6H,7-8H2,1-2H3,(H,14,16)(H,17,18). The first-order valence-electron chi connectivity index (χ1n) is 6.10. The molecule has 0 saturated heterocycles. The van der Waals surface area contributed by atoms with Crippen molar-refractivity contribution in [2.75, 3.05) is 13.2 Å². The highest BCUT2D eigenvalue weighted by Gasteiger charge is 2.27. The summed E-state index contributed by atoms with van der Waals surface area (Å²) in [5, 5.41) is 21.8. The first kappa shape index (κ1) is 16.4. The number of carbonyl (C=O) groups excluding carboxylic acids is 1. The summed E-state index contributed by atoms with van der Waals surface area (Å²) in [6.07, 6.45) is 0. The number of aliphatic carboxylic acids is 1. The Labute approximate surface area is 120 Å². The van der Waals surface area contributed by atoms with E-state index in [2.05, 4.69) is 5.32 Å². The van der Waals surface area contributed by atoms with Crippen LogP contribution in [0.2, 0.25) is 0 Å². The van der Waals surface area contributed by atoms with Crippen LogP contribution in [-0.4, -0.2) is 35.1 Å². The molecule has 0 aromatic heterocycles. The molecule has 1 rings (SSSR count). The van der Waals surface area contributed by atoms with Crippen molar-refractivity contribution in [3.05, 3.63) is 34.4 Å². The zero-order chi connectivity index (χ0) is 16.0. The lowest BCUT2D eigenvalue weighted by Crippen LogP contribution is -2.40. The molecule has 21 heavy (non-hydrogen) atoms. The van der Waals surface area contributed by atoms with Crippen LogP contribution in [0.5, 0.6) is 5.75 Å². The number of amides is 1. The van der Waals surface area contributed by atoms with E-state index >= 15 is 0 Å². The molecule has 0 radical (unpaired) electrons. The smallest absolute Gasteiger partial charge is 0.310 e. The lowest BCUT2D eigenvalue weighted by Gasteiger charge is -2.19. The number of ether oxygens (including phenoxy) is 1. The summed E-state index contributed by atoms with van der Waals surface area (Å²) in [6.45, 7) is 2.66. The maximum Gasteiger partial charge on any atom is 0.310 e. The number of rotatable bonds is 7. The lowest BCUT2D eigenvalue weighted by molar-refractivity contribution is -0.384. The zero-order valence-electron chi connectivity index (χ0n) is 11.7. The summed E-state index contributed by atoms with van der Waals surface area (Å²) >= 11 is 0. The van der Waals surface area contributed by atoms with Crippen LogP contribution in [0.15, 0.2) is 24.3 Å². The summed E-state index contributed by atoms with van der Waals surface area (Å²) in [5.41, 5.74) is -1.14. The van der Waals surface area contributed by atoms with Gasteiger partial charge in [-0.25, -0.2) is 0 Å². The number of benzene rings is 1. The minimum Gasteiger partial charge on any atom is -0.484 e. The summed E-state index contributed by atoms with van der Waals surface area (Å²) in [6, 6.07) is 5.29. The van der Waals surface area contributed by atoms with Gasteiger partial charge in [-0.05, 0) is 26.0 Å². The van der Waals surface area contributed by atoms with Gasteiger partial charge in [-0.3, -0.25) is 19.7 Å². The monoisotopic (exact) mass is 296 g/mol. The van der Waals surface area contributed by atoms with Gasteiger partial charge in [-0.15, -0.1) is 0 Å². The van der Waals surface area contributed by atoms with Crippen LogP contribution in [0.25, 0.3) is 0 Å². The van der Waals surface area contributed by atoms with E-state index in [1.54, 1.807) is 0 Å². The Kier molecular flexibility index (Phi) is 5.23. The normalized spacial score (nSPS) is 10.8. The first-order valence-corrected chi connectivity index (χ1v) is 6.10. The van der Waals surface area contributed by atoms with E-state index in [0.717, 1.165) is 0 Å². The molecule has 0 aliphatic heterocycles. The molecule has 0 aliphatic carbocycles. The molecule has 1 aromatic carbocycles. The van der Waals surface area contributed by atoms with E-state index in [-0.39, 0.29) is 18.8 Å². The van der Waals surface area contributed by atoms with Crippen molar-refractivity contribution in [3.8, 4) is 5.75 Å². The van der Waals surface area contributed by atoms with Crippen LogP contribution >= 0.6 is 0 Å². The van der Waals surface area contributed by atoms with Gasteiger partial charge in [0.15, 0.2) is 6.61 Å². The molecule has 114 valence electrons. The van der Waals surface area contributed by atoms with Crippen molar-refractivity contribution in [1.29, 1.82) is 0 Å². The molecule has 0 bridgehead atoms. The second-order valence-electron chi connectivity index (χ2n) is 5.01. The van der Waals surface area contributed by atoms with Crippen LogP contribution in [-0.2, 0) is 9.59 Å². The molecule has 0 heterocycles. The number of non-ortho nitro benzene ring substituents is 1. The number of carbonyl (C=O) groups is 2. The largest absolute Gasteiger partial charge is 0.484 e. The minimum atomic E-state index is -1.07. The molecule has 0 atom stereocenters. The fraction of sp³-hybridized carbons (Fsp3) is 0.385. The molecule has 0 unspecified atom stereocenters. The van der Waals surface area contributed by atoms with E-state index in [4.69, 9.17) is 9.84 Å². The molecule has 0 spiro atoms. The summed E-state index contributed by atoms with van der Waals surface area (Å²) < 4.78 is 5.15. The van der Waals surface area contributed by atoms with Crippen molar-refractivity contribution >= 4 is 17.6 Å². The Hall–Kier alpha value is -2.64.